The van der Waals surface area contributed by atoms with Crippen molar-refractivity contribution in [3.63, 3.8) is 0 Å². The minimum Gasteiger partial charge on any atom is -0.275 e. The molecule has 0 saturated carbocycles. The van der Waals surface area contributed by atoms with Crippen LogP contribution in [0.3, 0.4) is 0 Å². The van der Waals surface area contributed by atoms with E-state index in [4.69, 9.17) is 23.2 Å². The van der Waals surface area contributed by atoms with Gasteiger partial charge in [0.1, 0.15) is 11.0 Å². The highest BCUT2D eigenvalue weighted by atomic mass is 35.5. The molecule has 1 aromatic carbocycles. The molecule has 0 spiro atoms. The van der Waals surface area contributed by atoms with Gasteiger partial charge in [0.2, 0.25) is 0 Å². The summed E-state index contributed by atoms with van der Waals surface area (Å²) in [6.07, 6.45) is 0. The molecule has 5 heteroatoms. The van der Waals surface area contributed by atoms with Crippen LogP contribution in [0.2, 0.25) is 10.0 Å². The van der Waals surface area contributed by atoms with E-state index in [-0.39, 0.29) is 0 Å². The summed E-state index contributed by atoms with van der Waals surface area (Å²) in [5.41, 5.74) is 4.17. The normalized spacial score (nSPS) is 11.1. The van der Waals surface area contributed by atoms with Gasteiger partial charge in [0.15, 0.2) is 0 Å². The second kappa shape index (κ2) is 4.26. The lowest BCUT2D eigenvalue weighted by molar-refractivity contribution is 1.12. The van der Waals surface area contributed by atoms with Crippen molar-refractivity contribution in [2.24, 2.45) is 0 Å². The second-order valence-corrected chi connectivity index (χ2v) is 4.89. The number of hydrogen-bond acceptors (Lipinski definition) is 2. The summed E-state index contributed by atoms with van der Waals surface area (Å²) in [6, 6.07) is 9.32. The molecule has 0 fully saturated rings. The molecular formula is C13H9Cl2N3. The maximum Gasteiger partial charge on any atom is 0.130 e. The third kappa shape index (κ3) is 1.85. The first-order chi connectivity index (χ1) is 8.65. The Hall–Kier alpha value is -1.58. The molecule has 2 heterocycles. The fourth-order valence-electron chi connectivity index (χ4n) is 1.89. The number of benzene rings is 1. The molecule has 90 valence electrons. The standard InChI is InChI=1S/C13H9Cl2N3/c1-7-6-10(15)12-13(16-7)11(17-18-12)8-2-4-9(14)5-3-8/h2-6H,1H3,(H,17,18). The van der Waals surface area contributed by atoms with Gasteiger partial charge in [-0.3, -0.25) is 5.10 Å². The van der Waals surface area contributed by atoms with Crippen molar-refractivity contribution in [1.82, 2.24) is 15.2 Å². The average molecular weight is 278 g/mol. The first kappa shape index (κ1) is 11.5. The lowest BCUT2D eigenvalue weighted by Gasteiger charge is -2.00. The Morgan fingerprint density at radius 3 is 2.50 bits per heavy atom. The van der Waals surface area contributed by atoms with Crippen molar-refractivity contribution in [2.75, 3.05) is 0 Å². The quantitative estimate of drug-likeness (QED) is 0.723. The zero-order valence-corrected chi connectivity index (χ0v) is 11.0. The number of nitrogens with one attached hydrogen (secondary N) is 1. The SMILES string of the molecule is Cc1cc(Cl)c2n[nH]c(-c3ccc(Cl)cc3)c2n1. The number of rotatable bonds is 1. The Kier molecular flexibility index (Phi) is 2.73. The Labute approximate surface area is 114 Å². The third-order valence-corrected chi connectivity index (χ3v) is 3.26. The van der Waals surface area contributed by atoms with Crippen LogP contribution < -0.4 is 0 Å². The van der Waals surface area contributed by atoms with Crippen molar-refractivity contribution in [2.45, 2.75) is 6.92 Å². The Morgan fingerprint density at radius 2 is 1.78 bits per heavy atom. The first-order valence-electron chi connectivity index (χ1n) is 5.42. The average Bonchev–Trinajstić information content (AvgIpc) is 2.74. The first-order valence-corrected chi connectivity index (χ1v) is 6.18. The second-order valence-electron chi connectivity index (χ2n) is 4.05. The van der Waals surface area contributed by atoms with Crippen molar-refractivity contribution in [3.8, 4) is 11.3 Å². The smallest absolute Gasteiger partial charge is 0.130 e. The Morgan fingerprint density at radius 1 is 1.06 bits per heavy atom. The molecule has 0 atom stereocenters. The summed E-state index contributed by atoms with van der Waals surface area (Å²) >= 11 is 12.0. The van der Waals surface area contributed by atoms with E-state index >= 15 is 0 Å². The molecule has 0 radical (unpaired) electrons. The van der Waals surface area contributed by atoms with Gasteiger partial charge >= 0.3 is 0 Å². The topological polar surface area (TPSA) is 41.6 Å². The van der Waals surface area contributed by atoms with Crippen LogP contribution in [0.25, 0.3) is 22.3 Å². The van der Waals surface area contributed by atoms with E-state index in [1.807, 2.05) is 31.2 Å². The fourth-order valence-corrected chi connectivity index (χ4v) is 2.31. The highest BCUT2D eigenvalue weighted by molar-refractivity contribution is 6.35. The molecule has 0 amide bonds. The van der Waals surface area contributed by atoms with E-state index in [1.54, 1.807) is 6.07 Å². The van der Waals surface area contributed by atoms with Crippen molar-refractivity contribution in [3.05, 3.63) is 46.1 Å². The molecule has 0 saturated heterocycles. The minimum absolute atomic E-state index is 0.606. The van der Waals surface area contributed by atoms with E-state index in [0.717, 1.165) is 22.5 Å². The molecule has 2 aromatic heterocycles. The zero-order chi connectivity index (χ0) is 12.7. The monoisotopic (exact) mass is 277 g/mol. The van der Waals surface area contributed by atoms with Crippen LogP contribution in [0.5, 0.6) is 0 Å². The molecule has 0 unspecified atom stereocenters. The number of aryl methyl sites for hydroxylation is 1. The van der Waals surface area contributed by atoms with Crippen molar-refractivity contribution < 1.29 is 0 Å². The summed E-state index contributed by atoms with van der Waals surface area (Å²) in [5.74, 6) is 0. The van der Waals surface area contributed by atoms with Gasteiger partial charge in [0, 0.05) is 16.3 Å². The van der Waals surface area contributed by atoms with Crippen LogP contribution in [0.1, 0.15) is 5.69 Å². The van der Waals surface area contributed by atoms with E-state index in [2.05, 4.69) is 15.2 Å². The summed E-state index contributed by atoms with van der Waals surface area (Å²) < 4.78 is 0. The van der Waals surface area contributed by atoms with Crippen LogP contribution in [-0.4, -0.2) is 15.2 Å². The highest BCUT2D eigenvalue weighted by Gasteiger charge is 2.12. The van der Waals surface area contributed by atoms with E-state index in [1.165, 1.54) is 0 Å². The molecule has 3 aromatic rings. The molecule has 0 aliphatic heterocycles. The minimum atomic E-state index is 0.606. The van der Waals surface area contributed by atoms with Gasteiger partial charge in [-0.25, -0.2) is 4.98 Å². The number of fused-ring (bicyclic) bond motifs is 1. The largest absolute Gasteiger partial charge is 0.275 e. The number of pyridine rings is 1. The van der Waals surface area contributed by atoms with Crippen LogP contribution in [0.15, 0.2) is 30.3 Å². The Bertz CT molecular complexity index is 717. The molecule has 0 bridgehead atoms. The summed E-state index contributed by atoms with van der Waals surface area (Å²) in [6.45, 7) is 1.91. The number of halogens is 2. The summed E-state index contributed by atoms with van der Waals surface area (Å²) in [5, 5.41) is 8.49. The molecule has 0 aliphatic carbocycles. The van der Waals surface area contributed by atoms with Crippen LogP contribution in [0.4, 0.5) is 0 Å². The highest BCUT2D eigenvalue weighted by Crippen LogP contribution is 2.29. The van der Waals surface area contributed by atoms with Crippen LogP contribution in [-0.2, 0) is 0 Å². The van der Waals surface area contributed by atoms with Gasteiger partial charge in [0.05, 0.1) is 10.7 Å². The molecule has 1 N–H and O–H groups in total. The molecular weight excluding hydrogens is 269 g/mol. The number of H-pyrrole nitrogens is 1. The lowest BCUT2D eigenvalue weighted by Crippen LogP contribution is -1.84. The van der Waals surface area contributed by atoms with Crippen LogP contribution >= 0.6 is 23.2 Å². The zero-order valence-electron chi connectivity index (χ0n) is 9.54. The van der Waals surface area contributed by atoms with Crippen molar-refractivity contribution in [1.29, 1.82) is 0 Å². The number of aromatic nitrogens is 3. The maximum atomic E-state index is 6.14. The molecule has 18 heavy (non-hydrogen) atoms. The molecule has 0 aliphatic rings. The van der Waals surface area contributed by atoms with Gasteiger partial charge in [-0.05, 0) is 25.1 Å². The maximum absolute atomic E-state index is 6.14. The predicted molar refractivity (Wildman–Crippen MR) is 74.1 cm³/mol. The molecule has 3 rings (SSSR count). The van der Waals surface area contributed by atoms with Gasteiger partial charge in [-0.2, -0.15) is 5.10 Å². The summed E-state index contributed by atoms with van der Waals surface area (Å²) in [7, 11) is 0. The van der Waals surface area contributed by atoms with Gasteiger partial charge in [-0.1, -0.05) is 35.3 Å². The van der Waals surface area contributed by atoms with Gasteiger partial charge in [-0.15, -0.1) is 0 Å². The fraction of sp³-hybridized carbons (Fsp3) is 0.0769. The van der Waals surface area contributed by atoms with Crippen molar-refractivity contribution >= 4 is 34.2 Å². The lowest BCUT2D eigenvalue weighted by atomic mass is 10.1. The predicted octanol–water partition coefficient (Wildman–Crippen LogP) is 4.24. The van der Waals surface area contributed by atoms with Gasteiger partial charge < -0.3 is 0 Å². The van der Waals surface area contributed by atoms with E-state index in [0.29, 0.717) is 15.6 Å². The van der Waals surface area contributed by atoms with E-state index in [9.17, 15) is 0 Å². The molecule has 3 nitrogen and oxygen atoms in total. The summed E-state index contributed by atoms with van der Waals surface area (Å²) in [4.78, 5) is 4.48. The number of aromatic amines is 1. The number of nitrogens with zero attached hydrogens (tertiary/aromatic N) is 2. The van der Waals surface area contributed by atoms with E-state index < -0.39 is 0 Å². The number of hydrogen-bond donors (Lipinski definition) is 1. The van der Waals surface area contributed by atoms with Crippen LogP contribution in [0, 0.1) is 6.92 Å². The Balaban J connectivity index is 2.27. The van der Waals surface area contributed by atoms with Gasteiger partial charge in [0.25, 0.3) is 0 Å². The third-order valence-electron chi connectivity index (χ3n) is 2.72.